The molecule has 0 aliphatic heterocycles. The van der Waals surface area contributed by atoms with E-state index in [1.165, 1.54) is 0 Å². The van der Waals surface area contributed by atoms with E-state index in [1.807, 2.05) is 24.3 Å². The van der Waals surface area contributed by atoms with Crippen molar-refractivity contribution in [2.45, 2.75) is 13.0 Å². The van der Waals surface area contributed by atoms with E-state index in [1.54, 1.807) is 14.0 Å². The summed E-state index contributed by atoms with van der Waals surface area (Å²) in [6.45, 7) is 4.91. The maximum Gasteiger partial charge on any atom is 0.125 e. The van der Waals surface area contributed by atoms with E-state index in [0.717, 1.165) is 5.56 Å². The SMILES string of the molecule is COCCOCCOCCOc1ccccc1[C@@H](C)O. The van der Waals surface area contributed by atoms with Gasteiger partial charge in [-0.1, -0.05) is 18.2 Å². The molecule has 0 aliphatic carbocycles. The lowest BCUT2D eigenvalue weighted by Gasteiger charge is -2.13. The third-order valence-electron chi connectivity index (χ3n) is 2.66. The molecule has 5 heteroatoms. The van der Waals surface area contributed by atoms with Crippen molar-refractivity contribution in [3.63, 3.8) is 0 Å². The summed E-state index contributed by atoms with van der Waals surface area (Å²) in [5.41, 5.74) is 0.787. The van der Waals surface area contributed by atoms with Crippen LogP contribution in [0, 0.1) is 0 Å². The van der Waals surface area contributed by atoms with Crippen LogP contribution in [0.4, 0.5) is 0 Å². The molecule has 114 valence electrons. The van der Waals surface area contributed by atoms with Crippen molar-refractivity contribution in [1.29, 1.82) is 0 Å². The molecule has 0 amide bonds. The number of methoxy groups -OCH3 is 1. The minimum absolute atomic E-state index is 0.446. The molecule has 1 rings (SSSR count). The third kappa shape index (κ3) is 6.86. The number of ether oxygens (including phenoxy) is 4. The van der Waals surface area contributed by atoms with Crippen LogP contribution in [0.2, 0.25) is 0 Å². The van der Waals surface area contributed by atoms with E-state index < -0.39 is 6.10 Å². The number of rotatable bonds is 11. The lowest BCUT2D eigenvalue weighted by atomic mass is 10.1. The van der Waals surface area contributed by atoms with Crippen LogP contribution in [0.1, 0.15) is 18.6 Å². The number of aliphatic hydroxyl groups excluding tert-OH is 1. The van der Waals surface area contributed by atoms with Gasteiger partial charge in [0, 0.05) is 12.7 Å². The molecule has 0 saturated heterocycles. The Morgan fingerprint density at radius 3 is 2.20 bits per heavy atom. The predicted octanol–water partition coefficient (Wildman–Crippen LogP) is 1.80. The second kappa shape index (κ2) is 10.6. The molecular weight excluding hydrogens is 260 g/mol. The largest absolute Gasteiger partial charge is 0.491 e. The van der Waals surface area contributed by atoms with Gasteiger partial charge in [-0.05, 0) is 13.0 Å². The second-order valence-electron chi connectivity index (χ2n) is 4.28. The van der Waals surface area contributed by atoms with Gasteiger partial charge >= 0.3 is 0 Å². The van der Waals surface area contributed by atoms with Crippen LogP contribution in [0.15, 0.2) is 24.3 Å². The Morgan fingerprint density at radius 1 is 0.950 bits per heavy atom. The monoisotopic (exact) mass is 284 g/mol. The fourth-order valence-corrected chi connectivity index (χ4v) is 1.63. The first-order chi connectivity index (χ1) is 9.75. The van der Waals surface area contributed by atoms with Crippen molar-refractivity contribution in [3.8, 4) is 5.75 Å². The zero-order chi connectivity index (χ0) is 14.6. The molecule has 0 saturated carbocycles. The molecule has 1 atom stereocenters. The lowest BCUT2D eigenvalue weighted by molar-refractivity contribution is 0.0177. The molecule has 5 nitrogen and oxygen atoms in total. The highest BCUT2D eigenvalue weighted by Crippen LogP contribution is 2.24. The van der Waals surface area contributed by atoms with E-state index in [4.69, 9.17) is 18.9 Å². The number of hydrogen-bond donors (Lipinski definition) is 1. The fourth-order valence-electron chi connectivity index (χ4n) is 1.63. The summed E-state index contributed by atoms with van der Waals surface area (Å²) in [7, 11) is 1.64. The van der Waals surface area contributed by atoms with Gasteiger partial charge in [-0.2, -0.15) is 0 Å². The second-order valence-corrected chi connectivity index (χ2v) is 4.28. The Labute approximate surface area is 120 Å². The van der Waals surface area contributed by atoms with Gasteiger partial charge in [-0.25, -0.2) is 0 Å². The summed E-state index contributed by atoms with van der Waals surface area (Å²) in [6, 6.07) is 7.45. The minimum Gasteiger partial charge on any atom is -0.491 e. The average Bonchev–Trinajstić information content (AvgIpc) is 2.46. The maximum absolute atomic E-state index is 9.61. The van der Waals surface area contributed by atoms with Crippen molar-refractivity contribution in [3.05, 3.63) is 29.8 Å². The summed E-state index contributed by atoms with van der Waals surface area (Å²) in [4.78, 5) is 0. The summed E-state index contributed by atoms with van der Waals surface area (Å²) in [6.07, 6.45) is -0.540. The van der Waals surface area contributed by atoms with Crippen molar-refractivity contribution in [1.82, 2.24) is 0 Å². The minimum atomic E-state index is -0.540. The van der Waals surface area contributed by atoms with Crippen LogP contribution in [0.25, 0.3) is 0 Å². The number of para-hydroxylation sites is 1. The first-order valence-electron chi connectivity index (χ1n) is 6.80. The van der Waals surface area contributed by atoms with Crippen LogP contribution in [0.3, 0.4) is 0 Å². The topological polar surface area (TPSA) is 57.2 Å². The quantitative estimate of drug-likeness (QED) is 0.628. The van der Waals surface area contributed by atoms with Crippen LogP contribution < -0.4 is 4.74 Å². The number of hydrogen-bond acceptors (Lipinski definition) is 5. The van der Waals surface area contributed by atoms with Gasteiger partial charge in [0.1, 0.15) is 12.4 Å². The standard InChI is InChI=1S/C15H24O5/c1-13(16)14-5-3-4-6-15(14)20-12-11-19-10-9-18-8-7-17-2/h3-6,13,16H,7-12H2,1-2H3/t13-/m1/s1. The van der Waals surface area contributed by atoms with E-state index in [9.17, 15) is 5.11 Å². The molecule has 0 fully saturated rings. The van der Waals surface area contributed by atoms with Crippen molar-refractivity contribution in [2.24, 2.45) is 0 Å². The lowest BCUT2D eigenvalue weighted by Crippen LogP contribution is -2.13. The Bertz CT molecular complexity index is 354. The molecular formula is C15H24O5. The van der Waals surface area contributed by atoms with Crippen LogP contribution >= 0.6 is 0 Å². The molecule has 20 heavy (non-hydrogen) atoms. The zero-order valence-electron chi connectivity index (χ0n) is 12.2. The highest BCUT2D eigenvalue weighted by Gasteiger charge is 2.07. The smallest absolute Gasteiger partial charge is 0.125 e. The van der Waals surface area contributed by atoms with Crippen molar-refractivity contribution >= 4 is 0 Å². The summed E-state index contributed by atoms with van der Waals surface area (Å²) in [5.74, 6) is 0.697. The molecule has 0 spiro atoms. The molecule has 0 radical (unpaired) electrons. The van der Waals surface area contributed by atoms with Gasteiger partial charge < -0.3 is 24.1 Å². The van der Waals surface area contributed by atoms with Crippen LogP contribution in [0.5, 0.6) is 5.75 Å². The van der Waals surface area contributed by atoms with Crippen molar-refractivity contribution in [2.75, 3.05) is 46.8 Å². The van der Waals surface area contributed by atoms with Gasteiger partial charge in [0.25, 0.3) is 0 Å². The molecule has 0 heterocycles. The predicted molar refractivity (Wildman–Crippen MR) is 76.1 cm³/mol. The third-order valence-corrected chi connectivity index (χ3v) is 2.66. The molecule has 1 aromatic carbocycles. The van der Waals surface area contributed by atoms with Gasteiger partial charge in [-0.15, -0.1) is 0 Å². The highest BCUT2D eigenvalue weighted by molar-refractivity contribution is 5.34. The Morgan fingerprint density at radius 2 is 1.55 bits per heavy atom. The Kier molecular flexibility index (Phi) is 8.98. The number of benzene rings is 1. The normalized spacial score (nSPS) is 12.3. The fraction of sp³-hybridized carbons (Fsp3) is 0.600. The molecule has 0 bridgehead atoms. The van der Waals surface area contributed by atoms with Gasteiger partial charge in [0.2, 0.25) is 0 Å². The maximum atomic E-state index is 9.61. The highest BCUT2D eigenvalue weighted by atomic mass is 16.6. The van der Waals surface area contributed by atoms with E-state index >= 15 is 0 Å². The van der Waals surface area contributed by atoms with Crippen LogP contribution in [-0.4, -0.2) is 51.9 Å². The number of aliphatic hydroxyl groups is 1. The molecule has 0 aliphatic rings. The summed E-state index contributed by atoms with van der Waals surface area (Å²) in [5, 5.41) is 9.61. The summed E-state index contributed by atoms with van der Waals surface area (Å²) < 4.78 is 21.1. The van der Waals surface area contributed by atoms with E-state index in [-0.39, 0.29) is 0 Å². The molecule has 1 aromatic rings. The van der Waals surface area contributed by atoms with Gasteiger partial charge in [0.15, 0.2) is 0 Å². The van der Waals surface area contributed by atoms with Gasteiger partial charge in [-0.3, -0.25) is 0 Å². The first kappa shape index (κ1) is 16.9. The van der Waals surface area contributed by atoms with E-state index in [0.29, 0.717) is 45.4 Å². The molecule has 1 N–H and O–H groups in total. The summed E-state index contributed by atoms with van der Waals surface area (Å²) >= 11 is 0. The average molecular weight is 284 g/mol. The van der Waals surface area contributed by atoms with Crippen LogP contribution in [-0.2, 0) is 14.2 Å². The molecule has 0 aromatic heterocycles. The van der Waals surface area contributed by atoms with E-state index in [2.05, 4.69) is 0 Å². The van der Waals surface area contributed by atoms with Gasteiger partial charge in [0.05, 0.1) is 39.1 Å². The van der Waals surface area contributed by atoms with Crippen molar-refractivity contribution < 1.29 is 24.1 Å². The first-order valence-corrected chi connectivity index (χ1v) is 6.80. The zero-order valence-corrected chi connectivity index (χ0v) is 12.2. The Balaban J connectivity index is 2.10. The Hall–Kier alpha value is -1.14. The molecule has 0 unspecified atom stereocenters.